The number of hydrogen-bond acceptors (Lipinski definition) is 6. The number of nitrogens with one attached hydrogen (secondary N) is 1. The van der Waals surface area contributed by atoms with Gasteiger partial charge < -0.3 is 19.7 Å². The second-order valence-corrected chi connectivity index (χ2v) is 13.9. The molecule has 1 saturated carbocycles. The summed E-state index contributed by atoms with van der Waals surface area (Å²) in [6.45, 7) is 6.17. The quantitative estimate of drug-likeness (QED) is 0.416. The number of ether oxygens (including phenoxy) is 2. The highest BCUT2D eigenvalue weighted by Crippen LogP contribution is 2.38. The summed E-state index contributed by atoms with van der Waals surface area (Å²) in [5.74, 6) is 0.765. The van der Waals surface area contributed by atoms with Crippen molar-refractivity contribution in [2.24, 2.45) is 5.92 Å². The summed E-state index contributed by atoms with van der Waals surface area (Å²) in [4.78, 5) is 15.2. The Kier molecular flexibility index (Phi) is 10.7. The van der Waals surface area contributed by atoms with Crippen molar-refractivity contribution >= 4 is 15.9 Å². The Bertz CT molecular complexity index is 1330. The van der Waals surface area contributed by atoms with Crippen LogP contribution in [0.2, 0.25) is 0 Å². The van der Waals surface area contributed by atoms with Gasteiger partial charge in [-0.2, -0.15) is 4.31 Å². The maximum absolute atomic E-state index is 13.5. The van der Waals surface area contributed by atoms with Crippen LogP contribution in [0.3, 0.4) is 0 Å². The predicted octanol–water partition coefficient (Wildman–Crippen LogP) is 4.91. The molecule has 10 heteroatoms. The van der Waals surface area contributed by atoms with Crippen molar-refractivity contribution in [1.29, 1.82) is 0 Å². The molecule has 1 N–H and O–H groups in total. The van der Waals surface area contributed by atoms with Crippen molar-refractivity contribution in [3.63, 3.8) is 0 Å². The number of benzene rings is 2. The Morgan fingerprint density at radius 2 is 1.64 bits per heavy atom. The Morgan fingerprint density at radius 3 is 2.21 bits per heavy atom. The van der Waals surface area contributed by atoms with Crippen LogP contribution in [-0.4, -0.2) is 76.6 Å². The molecule has 0 aromatic heterocycles. The minimum Gasteiger partial charge on any atom is -0.496 e. The topological polar surface area (TPSA) is 88.2 Å². The molecule has 42 heavy (non-hydrogen) atoms. The van der Waals surface area contributed by atoms with E-state index in [1.165, 1.54) is 16.4 Å². The van der Waals surface area contributed by atoms with Gasteiger partial charge in [0, 0.05) is 25.2 Å². The lowest BCUT2D eigenvalue weighted by atomic mass is 9.78. The Balaban J connectivity index is 1.23. The van der Waals surface area contributed by atoms with E-state index < -0.39 is 10.0 Å². The van der Waals surface area contributed by atoms with E-state index in [4.69, 9.17) is 9.47 Å². The largest absolute Gasteiger partial charge is 0.496 e. The fourth-order valence-electron chi connectivity index (χ4n) is 6.69. The molecule has 2 aromatic rings. The van der Waals surface area contributed by atoms with Crippen LogP contribution in [0.25, 0.3) is 0 Å². The molecule has 0 radical (unpaired) electrons. The number of rotatable bonds is 10. The first kappa shape index (κ1) is 32.4. The Hall–Kier alpha value is -2.53. The van der Waals surface area contributed by atoms with E-state index in [1.807, 2.05) is 26.0 Å². The number of nitrogens with zero attached hydrogens (tertiary/aromatic N) is 2. The van der Waals surface area contributed by atoms with Crippen molar-refractivity contribution in [3.05, 3.63) is 58.4 Å². The summed E-state index contributed by atoms with van der Waals surface area (Å²) >= 11 is 0. The molecule has 1 aliphatic carbocycles. The SMILES string of the molecule is COc1cc(C)c(S(=O)(=O)N2CCC(OCC(=O)NC3CCC(C(c4ccc(F)cc4)N(C)C)CC3)CC2)c(C)c1C. The molecule has 4 rings (SSSR count). The zero-order valence-electron chi connectivity index (χ0n) is 25.8. The normalized spacial score (nSPS) is 21.3. The molecule has 1 unspecified atom stereocenters. The average Bonchev–Trinajstić information content (AvgIpc) is 2.96. The van der Waals surface area contributed by atoms with Gasteiger partial charge >= 0.3 is 0 Å². The molecule has 232 valence electrons. The van der Waals surface area contributed by atoms with Crippen molar-refractivity contribution in [2.75, 3.05) is 40.9 Å². The minimum absolute atomic E-state index is 0.0247. The molecular formula is C32H46FN3O5S. The molecule has 1 saturated heterocycles. The molecule has 1 amide bonds. The molecular weight excluding hydrogens is 557 g/mol. The van der Waals surface area contributed by atoms with E-state index in [9.17, 15) is 17.6 Å². The van der Waals surface area contributed by atoms with Crippen LogP contribution in [0.1, 0.15) is 66.8 Å². The third-order valence-electron chi connectivity index (χ3n) is 9.00. The van der Waals surface area contributed by atoms with E-state index in [2.05, 4.69) is 24.3 Å². The highest BCUT2D eigenvalue weighted by atomic mass is 32.2. The maximum Gasteiger partial charge on any atom is 0.246 e. The lowest BCUT2D eigenvalue weighted by Gasteiger charge is -2.38. The first-order valence-electron chi connectivity index (χ1n) is 14.9. The predicted molar refractivity (Wildman–Crippen MR) is 162 cm³/mol. The number of carbonyl (C=O) groups excluding carboxylic acids is 1. The van der Waals surface area contributed by atoms with Crippen LogP contribution in [0.4, 0.5) is 4.39 Å². The van der Waals surface area contributed by atoms with Gasteiger partial charge in [-0.05, 0) is 120 Å². The van der Waals surface area contributed by atoms with Crippen LogP contribution < -0.4 is 10.1 Å². The molecule has 1 aliphatic heterocycles. The van der Waals surface area contributed by atoms with Gasteiger partial charge in [0.2, 0.25) is 15.9 Å². The standard InChI is InChI=1S/C32H46FN3O5S/c1-21-19-29(40-6)22(2)23(3)32(21)42(38,39)36-17-15-28(16-18-36)41-20-30(37)34-27-13-9-25(10-14-27)31(35(4)5)24-7-11-26(33)12-8-24/h7-8,11-12,19,25,27-28,31H,9-10,13-18,20H2,1-6H3,(H,34,37). The van der Waals surface area contributed by atoms with Crippen LogP contribution >= 0.6 is 0 Å². The van der Waals surface area contributed by atoms with E-state index >= 15 is 0 Å². The monoisotopic (exact) mass is 603 g/mol. The van der Waals surface area contributed by atoms with E-state index in [0.717, 1.165) is 36.8 Å². The van der Waals surface area contributed by atoms with E-state index in [1.54, 1.807) is 20.1 Å². The molecule has 2 aromatic carbocycles. The molecule has 1 atom stereocenters. The zero-order valence-corrected chi connectivity index (χ0v) is 26.6. The van der Waals surface area contributed by atoms with Gasteiger partial charge in [-0.25, -0.2) is 12.8 Å². The smallest absolute Gasteiger partial charge is 0.246 e. The van der Waals surface area contributed by atoms with Crippen LogP contribution in [-0.2, 0) is 19.6 Å². The van der Waals surface area contributed by atoms with Gasteiger partial charge in [-0.3, -0.25) is 4.79 Å². The molecule has 2 aliphatic rings. The number of halogens is 1. The van der Waals surface area contributed by atoms with Gasteiger partial charge in [0.15, 0.2) is 0 Å². The summed E-state index contributed by atoms with van der Waals surface area (Å²) in [6.07, 6.45) is 4.66. The maximum atomic E-state index is 13.5. The van der Waals surface area contributed by atoms with Crippen LogP contribution in [0.5, 0.6) is 5.75 Å². The first-order chi connectivity index (χ1) is 19.9. The number of hydrogen-bond donors (Lipinski definition) is 1. The third-order valence-corrected chi connectivity index (χ3v) is 11.2. The molecule has 0 bridgehead atoms. The van der Waals surface area contributed by atoms with E-state index in [-0.39, 0.29) is 36.5 Å². The fourth-order valence-corrected chi connectivity index (χ4v) is 8.65. The Labute approximate surface area is 250 Å². The van der Waals surface area contributed by atoms with Crippen LogP contribution in [0.15, 0.2) is 35.2 Å². The summed E-state index contributed by atoms with van der Waals surface area (Å²) in [5, 5.41) is 3.13. The molecule has 8 nitrogen and oxygen atoms in total. The molecule has 0 spiro atoms. The average molecular weight is 604 g/mol. The fraction of sp³-hybridized carbons (Fsp3) is 0.594. The molecule has 2 fully saturated rings. The lowest BCUT2D eigenvalue weighted by Crippen LogP contribution is -2.44. The van der Waals surface area contributed by atoms with Crippen molar-refractivity contribution in [3.8, 4) is 5.75 Å². The number of aryl methyl sites for hydroxylation is 1. The van der Waals surface area contributed by atoms with Crippen molar-refractivity contribution in [1.82, 2.24) is 14.5 Å². The lowest BCUT2D eigenvalue weighted by molar-refractivity contribution is -0.129. The van der Waals surface area contributed by atoms with Gasteiger partial charge in [0.1, 0.15) is 18.2 Å². The summed E-state index contributed by atoms with van der Waals surface area (Å²) in [6, 6.07) is 8.87. The van der Waals surface area contributed by atoms with Gasteiger partial charge in [-0.15, -0.1) is 0 Å². The zero-order chi connectivity index (χ0) is 30.6. The van der Waals surface area contributed by atoms with Crippen molar-refractivity contribution < 1.29 is 27.1 Å². The highest BCUT2D eigenvalue weighted by molar-refractivity contribution is 7.89. The number of sulfonamides is 1. The van der Waals surface area contributed by atoms with Gasteiger partial charge in [0.05, 0.1) is 18.1 Å². The molecule has 1 heterocycles. The highest BCUT2D eigenvalue weighted by Gasteiger charge is 2.34. The second kappa shape index (κ2) is 13.8. The van der Waals surface area contributed by atoms with Gasteiger partial charge in [-0.1, -0.05) is 12.1 Å². The summed E-state index contributed by atoms with van der Waals surface area (Å²) in [5.41, 5.74) is 3.32. The van der Waals surface area contributed by atoms with Crippen molar-refractivity contribution in [2.45, 2.75) is 82.4 Å². The van der Waals surface area contributed by atoms with Gasteiger partial charge in [0.25, 0.3) is 0 Å². The number of carbonyl (C=O) groups is 1. The number of methoxy groups -OCH3 is 1. The summed E-state index contributed by atoms with van der Waals surface area (Å²) < 4.78 is 53.4. The second-order valence-electron chi connectivity index (χ2n) is 12.0. The first-order valence-corrected chi connectivity index (χ1v) is 16.3. The third kappa shape index (κ3) is 7.33. The number of piperidine rings is 1. The number of amides is 1. The van der Waals surface area contributed by atoms with Crippen LogP contribution in [0, 0.1) is 32.5 Å². The van der Waals surface area contributed by atoms with E-state index in [0.29, 0.717) is 53.6 Å². The minimum atomic E-state index is -3.66. The summed E-state index contributed by atoms with van der Waals surface area (Å²) in [7, 11) is 2.04. The Morgan fingerprint density at radius 1 is 1.02 bits per heavy atom.